The van der Waals surface area contributed by atoms with Crippen LogP contribution in [0.3, 0.4) is 0 Å². The zero-order chi connectivity index (χ0) is 12.1. The standard InChI is InChI=1S/C15H24N2/c1-13-4-3-11-17(13)12-15-7-5-14(6-8-15)9-10-16-2/h5-8,13,16H,3-4,9-12H2,1-2H3. The van der Waals surface area contributed by atoms with Crippen molar-refractivity contribution in [2.24, 2.45) is 0 Å². The molecule has 1 atom stereocenters. The van der Waals surface area contributed by atoms with Crippen LogP contribution in [0, 0.1) is 0 Å². The number of nitrogens with zero attached hydrogens (tertiary/aromatic N) is 1. The van der Waals surface area contributed by atoms with Crippen LogP contribution in [0.25, 0.3) is 0 Å². The van der Waals surface area contributed by atoms with Crippen molar-refractivity contribution < 1.29 is 0 Å². The van der Waals surface area contributed by atoms with E-state index in [1.807, 2.05) is 7.05 Å². The number of nitrogens with one attached hydrogen (secondary N) is 1. The highest BCUT2D eigenvalue weighted by atomic mass is 15.2. The summed E-state index contributed by atoms with van der Waals surface area (Å²) < 4.78 is 0. The van der Waals surface area contributed by atoms with Crippen LogP contribution < -0.4 is 5.32 Å². The van der Waals surface area contributed by atoms with Crippen LogP contribution in [0.2, 0.25) is 0 Å². The van der Waals surface area contributed by atoms with E-state index in [1.54, 1.807) is 0 Å². The quantitative estimate of drug-likeness (QED) is 0.839. The van der Waals surface area contributed by atoms with Crippen LogP contribution in [0.1, 0.15) is 30.9 Å². The summed E-state index contributed by atoms with van der Waals surface area (Å²) in [6.45, 7) is 5.78. The van der Waals surface area contributed by atoms with Crippen molar-refractivity contribution in [1.29, 1.82) is 0 Å². The first-order chi connectivity index (χ1) is 8.29. The van der Waals surface area contributed by atoms with Crippen LogP contribution in [-0.4, -0.2) is 31.1 Å². The third-order valence-corrected chi connectivity index (χ3v) is 3.76. The minimum atomic E-state index is 0.763. The van der Waals surface area contributed by atoms with Crippen molar-refractivity contribution >= 4 is 0 Å². The Morgan fingerprint density at radius 3 is 2.53 bits per heavy atom. The first kappa shape index (κ1) is 12.6. The lowest BCUT2D eigenvalue weighted by Gasteiger charge is -2.21. The number of rotatable bonds is 5. The molecule has 2 rings (SSSR count). The van der Waals surface area contributed by atoms with Crippen LogP contribution >= 0.6 is 0 Å². The summed E-state index contributed by atoms with van der Waals surface area (Å²) in [6.07, 6.45) is 3.85. The maximum atomic E-state index is 3.19. The van der Waals surface area contributed by atoms with Gasteiger partial charge in [-0.05, 0) is 57.5 Å². The van der Waals surface area contributed by atoms with Gasteiger partial charge in [-0.2, -0.15) is 0 Å². The summed E-state index contributed by atoms with van der Waals surface area (Å²) in [5, 5.41) is 3.19. The van der Waals surface area contributed by atoms with E-state index >= 15 is 0 Å². The Morgan fingerprint density at radius 1 is 1.24 bits per heavy atom. The lowest BCUT2D eigenvalue weighted by atomic mass is 10.1. The molecule has 1 saturated heterocycles. The minimum absolute atomic E-state index is 0.763. The Hall–Kier alpha value is -0.860. The molecule has 1 aliphatic heterocycles. The summed E-state index contributed by atoms with van der Waals surface area (Å²) in [4.78, 5) is 2.59. The molecule has 1 aliphatic rings. The zero-order valence-corrected chi connectivity index (χ0v) is 11.1. The van der Waals surface area contributed by atoms with Gasteiger partial charge in [-0.3, -0.25) is 4.90 Å². The average Bonchev–Trinajstić information content (AvgIpc) is 2.74. The molecule has 1 heterocycles. The summed E-state index contributed by atoms with van der Waals surface area (Å²) in [6, 6.07) is 9.88. The second-order valence-electron chi connectivity index (χ2n) is 5.13. The molecule has 0 amide bonds. The van der Waals surface area contributed by atoms with Gasteiger partial charge in [-0.1, -0.05) is 24.3 Å². The molecule has 2 nitrogen and oxygen atoms in total. The van der Waals surface area contributed by atoms with E-state index in [9.17, 15) is 0 Å². The number of benzene rings is 1. The Labute approximate surface area is 105 Å². The molecule has 2 heteroatoms. The third kappa shape index (κ3) is 3.55. The van der Waals surface area contributed by atoms with Crippen molar-refractivity contribution in [3.63, 3.8) is 0 Å². The van der Waals surface area contributed by atoms with Crippen LogP contribution in [0.5, 0.6) is 0 Å². The fourth-order valence-electron chi connectivity index (χ4n) is 2.54. The van der Waals surface area contributed by atoms with E-state index in [2.05, 4.69) is 41.4 Å². The van der Waals surface area contributed by atoms with Gasteiger partial charge in [0, 0.05) is 12.6 Å². The molecular formula is C15H24N2. The van der Waals surface area contributed by atoms with Gasteiger partial charge in [0.1, 0.15) is 0 Å². The lowest BCUT2D eigenvalue weighted by molar-refractivity contribution is 0.260. The molecule has 1 aromatic rings. The van der Waals surface area contributed by atoms with E-state index < -0.39 is 0 Å². The second kappa shape index (κ2) is 6.18. The minimum Gasteiger partial charge on any atom is -0.319 e. The van der Waals surface area contributed by atoms with E-state index in [0.29, 0.717) is 0 Å². The van der Waals surface area contributed by atoms with Gasteiger partial charge in [0.25, 0.3) is 0 Å². The predicted molar refractivity (Wildman–Crippen MR) is 73.2 cm³/mol. The number of hydrogen-bond acceptors (Lipinski definition) is 2. The monoisotopic (exact) mass is 232 g/mol. The normalized spacial score (nSPS) is 20.9. The van der Waals surface area contributed by atoms with Gasteiger partial charge < -0.3 is 5.32 Å². The first-order valence-electron chi connectivity index (χ1n) is 6.76. The number of likely N-dealkylation sites (N-methyl/N-ethyl adjacent to an activating group) is 1. The molecule has 1 N–H and O–H groups in total. The van der Waals surface area contributed by atoms with E-state index in [-0.39, 0.29) is 0 Å². The Balaban J connectivity index is 1.89. The molecular weight excluding hydrogens is 208 g/mol. The molecule has 94 valence electrons. The summed E-state index contributed by atoms with van der Waals surface area (Å²) in [5.74, 6) is 0. The molecule has 1 unspecified atom stereocenters. The number of hydrogen-bond donors (Lipinski definition) is 1. The maximum absolute atomic E-state index is 3.19. The number of likely N-dealkylation sites (tertiary alicyclic amines) is 1. The van der Waals surface area contributed by atoms with Gasteiger partial charge in [0.05, 0.1) is 0 Å². The van der Waals surface area contributed by atoms with Crippen molar-refractivity contribution in [2.45, 2.75) is 38.8 Å². The maximum Gasteiger partial charge on any atom is 0.0236 e. The van der Waals surface area contributed by atoms with Crippen LogP contribution in [-0.2, 0) is 13.0 Å². The highest BCUT2D eigenvalue weighted by molar-refractivity contribution is 5.23. The Morgan fingerprint density at radius 2 is 1.94 bits per heavy atom. The van der Waals surface area contributed by atoms with Crippen LogP contribution in [0.4, 0.5) is 0 Å². The highest BCUT2D eigenvalue weighted by Crippen LogP contribution is 2.19. The Bertz CT molecular complexity index is 331. The van der Waals surface area contributed by atoms with Gasteiger partial charge in [0.2, 0.25) is 0 Å². The van der Waals surface area contributed by atoms with Gasteiger partial charge in [-0.25, -0.2) is 0 Å². The predicted octanol–water partition coefficient (Wildman–Crippen LogP) is 2.43. The summed E-state index contributed by atoms with van der Waals surface area (Å²) in [5.41, 5.74) is 2.88. The fraction of sp³-hybridized carbons (Fsp3) is 0.600. The van der Waals surface area contributed by atoms with Gasteiger partial charge in [0.15, 0.2) is 0 Å². The van der Waals surface area contributed by atoms with E-state index in [0.717, 1.165) is 25.6 Å². The molecule has 1 fully saturated rings. The van der Waals surface area contributed by atoms with Crippen molar-refractivity contribution in [3.05, 3.63) is 35.4 Å². The lowest BCUT2D eigenvalue weighted by Crippen LogP contribution is -2.26. The molecule has 1 aromatic carbocycles. The summed E-state index contributed by atoms with van der Waals surface area (Å²) >= 11 is 0. The van der Waals surface area contributed by atoms with Gasteiger partial charge >= 0.3 is 0 Å². The van der Waals surface area contributed by atoms with Crippen molar-refractivity contribution in [2.75, 3.05) is 20.1 Å². The highest BCUT2D eigenvalue weighted by Gasteiger charge is 2.19. The first-order valence-corrected chi connectivity index (χ1v) is 6.76. The molecule has 0 saturated carbocycles. The SMILES string of the molecule is CNCCc1ccc(CN2CCCC2C)cc1. The molecule has 0 radical (unpaired) electrons. The second-order valence-corrected chi connectivity index (χ2v) is 5.13. The van der Waals surface area contributed by atoms with Gasteiger partial charge in [-0.15, -0.1) is 0 Å². The fourth-order valence-corrected chi connectivity index (χ4v) is 2.54. The molecule has 17 heavy (non-hydrogen) atoms. The third-order valence-electron chi connectivity index (χ3n) is 3.76. The summed E-state index contributed by atoms with van der Waals surface area (Å²) in [7, 11) is 2.00. The topological polar surface area (TPSA) is 15.3 Å². The largest absolute Gasteiger partial charge is 0.319 e. The smallest absolute Gasteiger partial charge is 0.0236 e. The zero-order valence-electron chi connectivity index (χ0n) is 11.1. The van der Waals surface area contributed by atoms with Crippen molar-refractivity contribution in [3.8, 4) is 0 Å². The average molecular weight is 232 g/mol. The van der Waals surface area contributed by atoms with Crippen molar-refractivity contribution in [1.82, 2.24) is 10.2 Å². The molecule has 0 aliphatic carbocycles. The molecule has 0 aromatic heterocycles. The van der Waals surface area contributed by atoms with E-state index in [1.165, 1.54) is 30.5 Å². The van der Waals surface area contributed by atoms with Crippen LogP contribution in [0.15, 0.2) is 24.3 Å². The molecule has 0 spiro atoms. The Kier molecular flexibility index (Phi) is 4.57. The molecule has 0 bridgehead atoms. The van der Waals surface area contributed by atoms with E-state index in [4.69, 9.17) is 0 Å².